The average Bonchev–Trinajstić information content (AvgIpc) is 2.52. The van der Waals surface area contributed by atoms with E-state index in [2.05, 4.69) is 36.1 Å². The maximum Gasteiger partial charge on any atom is 0.101 e. The molecule has 2 N–H and O–H groups in total. The maximum atomic E-state index is 9.38. The van der Waals surface area contributed by atoms with Gasteiger partial charge >= 0.3 is 0 Å². The second kappa shape index (κ2) is 7.47. The van der Waals surface area contributed by atoms with Crippen LogP contribution >= 0.6 is 0 Å². The number of hydrogen-bond acceptors (Lipinski definition) is 3. The summed E-state index contributed by atoms with van der Waals surface area (Å²) in [5.74, 6) is 0. The monoisotopic (exact) mass is 279 g/mol. The zero-order chi connectivity index (χ0) is 15.1. The van der Waals surface area contributed by atoms with Crippen molar-refractivity contribution in [2.45, 2.75) is 19.9 Å². The Hall–Kier alpha value is -2.31. The summed E-state index contributed by atoms with van der Waals surface area (Å²) in [5, 5.41) is 9.38. The zero-order valence-corrected chi connectivity index (χ0v) is 12.4. The SMILES string of the molecule is Cc1cccc(C#N)c1N(CCCN)Cc1ccccc1. The third kappa shape index (κ3) is 3.84. The fraction of sp³-hybridized carbons (Fsp3) is 0.278. The van der Waals surface area contributed by atoms with Crippen LogP contribution in [0.3, 0.4) is 0 Å². The smallest absolute Gasteiger partial charge is 0.101 e. The van der Waals surface area contributed by atoms with Crippen molar-refractivity contribution in [3.8, 4) is 6.07 Å². The Bertz CT molecular complexity index is 614. The van der Waals surface area contributed by atoms with Gasteiger partial charge in [0, 0.05) is 13.1 Å². The van der Waals surface area contributed by atoms with Gasteiger partial charge in [0.25, 0.3) is 0 Å². The predicted octanol–water partition coefficient (Wildman–Crippen LogP) is 3.22. The summed E-state index contributed by atoms with van der Waals surface area (Å²) in [6, 6.07) is 18.5. The molecule has 2 aromatic carbocycles. The minimum Gasteiger partial charge on any atom is -0.366 e. The molecule has 0 amide bonds. The van der Waals surface area contributed by atoms with E-state index >= 15 is 0 Å². The summed E-state index contributed by atoms with van der Waals surface area (Å²) in [7, 11) is 0. The molecular weight excluding hydrogens is 258 g/mol. The van der Waals surface area contributed by atoms with Gasteiger partial charge in [-0.25, -0.2) is 0 Å². The lowest BCUT2D eigenvalue weighted by atomic mass is 10.1. The average molecular weight is 279 g/mol. The Kier molecular flexibility index (Phi) is 5.36. The normalized spacial score (nSPS) is 10.1. The van der Waals surface area contributed by atoms with Crippen LogP contribution in [-0.4, -0.2) is 13.1 Å². The van der Waals surface area contributed by atoms with Gasteiger partial charge in [-0.3, -0.25) is 0 Å². The van der Waals surface area contributed by atoms with Crippen molar-refractivity contribution in [3.63, 3.8) is 0 Å². The van der Waals surface area contributed by atoms with Gasteiger partial charge < -0.3 is 10.6 Å². The quantitative estimate of drug-likeness (QED) is 0.883. The lowest BCUT2D eigenvalue weighted by Crippen LogP contribution is -2.27. The number of benzene rings is 2. The Balaban J connectivity index is 2.34. The predicted molar refractivity (Wildman–Crippen MR) is 87.1 cm³/mol. The number of aryl methyl sites for hydroxylation is 1. The van der Waals surface area contributed by atoms with Gasteiger partial charge in [0.2, 0.25) is 0 Å². The maximum absolute atomic E-state index is 9.38. The van der Waals surface area contributed by atoms with E-state index in [0.29, 0.717) is 6.54 Å². The molecule has 3 nitrogen and oxygen atoms in total. The van der Waals surface area contributed by atoms with Crippen molar-refractivity contribution in [2.24, 2.45) is 5.73 Å². The van der Waals surface area contributed by atoms with E-state index in [1.807, 2.05) is 30.3 Å². The first kappa shape index (κ1) is 15.1. The molecule has 0 aromatic heterocycles. The molecule has 0 fully saturated rings. The highest BCUT2D eigenvalue weighted by Crippen LogP contribution is 2.26. The number of para-hydroxylation sites is 1. The van der Waals surface area contributed by atoms with Gasteiger partial charge in [0.15, 0.2) is 0 Å². The molecule has 0 saturated heterocycles. The van der Waals surface area contributed by atoms with Crippen LogP contribution in [0.25, 0.3) is 0 Å². The zero-order valence-electron chi connectivity index (χ0n) is 12.4. The van der Waals surface area contributed by atoms with Gasteiger partial charge in [0.05, 0.1) is 11.3 Å². The van der Waals surface area contributed by atoms with E-state index in [9.17, 15) is 5.26 Å². The summed E-state index contributed by atoms with van der Waals surface area (Å²) in [4.78, 5) is 2.26. The highest BCUT2D eigenvalue weighted by molar-refractivity contribution is 5.64. The number of anilines is 1. The number of hydrogen-bond donors (Lipinski definition) is 1. The molecule has 0 radical (unpaired) electrons. The first-order valence-electron chi connectivity index (χ1n) is 7.25. The van der Waals surface area contributed by atoms with Gasteiger partial charge in [-0.2, -0.15) is 5.26 Å². The van der Waals surface area contributed by atoms with Gasteiger partial charge in [-0.05, 0) is 37.1 Å². The number of rotatable bonds is 6. The van der Waals surface area contributed by atoms with Crippen LogP contribution in [0.4, 0.5) is 5.69 Å². The molecule has 0 aliphatic carbocycles. The van der Waals surface area contributed by atoms with Gasteiger partial charge in [-0.1, -0.05) is 42.5 Å². The molecule has 0 aliphatic rings. The molecule has 2 aromatic rings. The molecule has 0 spiro atoms. The number of nitriles is 1. The summed E-state index contributed by atoms with van der Waals surface area (Å²) in [5.41, 5.74) is 9.78. The largest absolute Gasteiger partial charge is 0.366 e. The number of nitrogens with two attached hydrogens (primary N) is 1. The third-order valence-electron chi connectivity index (χ3n) is 3.52. The molecule has 0 saturated carbocycles. The first-order valence-corrected chi connectivity index (χ1v) is 7.25. The van der Waals surface area contributed by atoms with Crippen molar-refractivity contribution in [1.82, 2.24) is 0 Å². The van der Waals surface area contributed by atoms with Crippen LogP contribution in [0.2, 0.25) is 0 Å². The standard InChI is InChI=1S/C18H21N3/c1-15-7-5-10-17(13-20)18(15)21(12-6-11-19)14-16-8-3-2-4-9-16/h2-5,7-10H,6,11-12,14,19H2,1H3. The molecular formula is C18H21N3. The molecule has 0 aliphatic heterocycles. The Morgan fingerprint density at radius 3 is 2.52 bits per heavy atom. The van der Waals surface area contributed by atoms with Crippen LogP contribution in [0.15, 0.2) is 48.5 Å². The van der Waals surface area contributed by atoms with Crippen LogP contribution in [0.1, 0.15) is 23.1 Å². The summed E-state index contributed by atoms with van der Waals surface area (Å²) >= 11 is 0. The minimum atomic E-state index is 0.652. The molecule has 108 valence electrons. The highest BCUT2D eigenvalue weighted by Gasteiger charge is 2.14. The van der Waals surface area contributed by atoms with E-state index in [-0.39, 0.29) is 0 Å². The van der Waals surface area contributed by atoms with Crippen molar-refractivity contribution in [3.05, 3.63) is 65.2 Å². The third-order valence-corrected chi connectivity index (χ3v) is 3.52. The van der Waals surface area contributed by atoms with Crippen molar-refractivity contribution < 1.29 is 0 Å². The highest BCUT2D eigenvalue weighted by atomic mass is 15.1. The lowest BCUT2D eigenvalue weighted by molar-refractivity contribution is 0.733. The Labute approximate surface area is 126 Å². The van der Waals surface area contributed by atoms with Gasteiger partial charge in [0.1, 0.15) is 6.07 Å². The van der Waals surface area contributed by atoms with E-state index in [1.54, 1.807) is 0 Å². The fourth-order valence-corrected chi connectivity index (χ4v) is 2.52. The molecule has 0 unspecified atom stereocenters. The topological polar surface area (TPSA) is 53.0 Å². The molecule has 3 heteroatoms. The summed E-state index contributed by atoms with van der Waals surface area (Å²) in [6.07, 6.45) is 0.909. The van der Waals surface area contributed by atoms with Crippen LogP contribution in [0.5, 0.6) is 0 Å². The molecule has 21 heavy (non-hydrogen) atoms. The van der Waals surface area contributed by atoms with Crippen molar-refractivity contribution in [1.29, 1.82) is 5.26 Å². The van der Waals surface area contributed by atoms with E-state index in [0.717, 1.165) is 36.3 Å². The molecule has 2 rings (SSSR count). The van der Waals surface area contributed by atoms with E-state index in [4.69, 9.17) is 5.73 Å². The second-order valence-corrected chi connectivity index (χ2v) is 5.13. The summed E-state index contributed by atoms with van der Waals surface area (Å²) in [6.45, 7) is 4.35. The Morgan fingerprint density at radius 2 is 1.86 bits per heavy atom. The van der Waals surface area contributed by atoms with Crippen LogP contribution in [-0.2, 0) is 6.54 Å². The van der Waals surface area contributed by atoms with Crippen molar-refractivity contribution >= 4 is 5.69 Å². The van der Waals surface area contributed by atoms with Crippen LogP contribution in [0, 0.1) is 18.3 Å². The van der Waals surface area contributed by atoms with E-state index < -0.39 is 0 Å². The molecule has 0 heterocycles. The Morgan fingerprint density at radius 1 is 1.10 bits per heavy atom. The van der Waals surface area contributed by atoms with E-state index in [1.165, 1.54) is 5.56 Å². The van der Waals surface area contributed by atoms with Gasteiger partial charge in [-0.15, -0.1) is 0 Å². The lowest BCUT2D eigenvalue weighted by Gasteiger charge is -2.27. The second-order valence-electron chi connectivity index (χ2n) is 5.13. The molecule has 0 atom stereocenters. The number of nitrogens with zero attached hydrogens (tertiary/aromatic N) is 2. The van der Waals surface area contributed by atoms with Crippen molar-refractivity contribution in [2.75, 3.05) is 18.0 Å². The molecule has 0 bridgehead atoms. The van der Waals surface area contributed by atoms with Crippen LogP contribution < -0.4 is 10.6 Å². The summed E-state index contributed by atoms with van der Waals surface area (Å²) < 4.78 is 0. The first-order chi connectivity index (χ1) is 10.3. The fourth-order valence-electron chi connectivity index (χ4n) is 2.52. The minimum absolute atomic E-state index is 0.652.